The largest absolute Gasteiger partial charge is 0.467 e. The number of nitriles is 1. The highest BCUT2D eigenvalue weighted by atomic mass is 19.1. The van der Waals surface area contributed by atoms with E-state index in [-0.39, 0.29) is 0 Å². The van der Waals surface area contributed by atoms with Crippen LogP contribution in [0.5, 0.6) is 5.75 Å². The molecule has 15 heavy (non-hydrogen) atoms. The Morgan fingerprint density at radius 3 is 2.07 bits per heavy atom. The molecule has 0 aliphatic heterocycles. The zero-order chi connectivity index (χ0) is 11.6. The van der Waals surface area contributed by atoms with E-state index in [0.29, 0.717) is 12.1 Å². The van der Waals surface area contributed by atoms with Crippen LogP contribution in [0.25, 0.3) is 0 Å². The summed E-state index contributed by atoms with van der Waals surface area (Å²) >= 11 is 0. The molecule has 0 spiro atoms. The average Bonchev–Trinajstić information content (AvgIpc) is 2.11. The van der Waals surface area contributed by atoms with Gasteiger partial charge in [-0.2, -0.15) is 5.26 Å². The van der Waals surface area contributed by atoms with Crippen molar-refractivity contribution in [1.29, 1.82) is 5.26 Å². The first-order valence-electron chi connectivity index (χ1n) is 4.10. The summed E-state index contributed by atoms with van der Waals surface area (Å²) in [6.45, 7) is 2.68. The minimum Gasteiger partial charge on any atom is -0.467 e. The molecule has 0 aliphatic carbocycles. The molecule has 0 aromatic heterocycles. The first kappa shape index (κ1) is 11.4. The van der Waals surface area contributed by atoms with Crippen molar-refractivity contribution in [2.75, 3.05) is 0 Å². The number of benzene rings is 1. The van der Waals surface area contributed by atoms with Crippen LogP contribution in [0.15, 0.2) is 12.1 Å². The van der Waals surface area contributed by atoms with Crippen LogP contribution in [0, 0.1) is 28.8 Å². The molecule has 1 aromatic rings. The Balaban J connectivity index is 3.12. The number of nitrogens with zero attached hydrogens (tertiary/aromatic N) is 1. The van der Waals surface area contributed by atoms with Gasteiger partial charge >= 0.3 is 0 Å². The van der Waals surface area contributed by atoms with E-state index in [9.17, 15) is 13.2 Å². The van der Waals surface area contributed by atoms with Crippen molar-refractivity contribution in [3.8, 4) is 11.8 Å². The summed E-state index contributed by atoms with van der Waals surface area (Å²) < 4.78 is 43.4. The lowest BCUT2D eigenvalue weighted by Crippen LogP contribution is -2.26. The third kappa shape index (κ3) is 2.62. The van der Waals surface area contributed by atoms with Gasteiger partial charge in [-0.25, -0.2) is 13.2 Å². The van der Waals surface area contributed by atoms with Crippen molar-refractivity contribution in [2.45, 2.75) is 19.4 Å². The van der Waals surface area contributed by atoms with Gasteiger partial charge in [-0.05, 0) is 13.8 Å². The molecule has 0 bridgehead atoms. The summed E-state index contributed by atoms with van der Waals surface area (Å²) in [5, 5.41) is 8.60. The molecule has 0 heterocycles. The van der Waals surface area contributed by atoms with E-state index in [0.717, 1.165) is 0 Å². The van der Waals surface area contributed by atoms with Crippen LogP contribution < -0.4 is 4.74 Å². The lowest BCUT2D eigenvalue weighted by molar-refractivity contribution is 0.153. The average molecular weight is 215 g/mol. The van der Waals surface area contributed by atoms with Crippen LogP contribution >= 0.6 is 0 Å². The number of rotatable bonds is 2. The van der Waals surface area contributed by atoms with Crippen molar-refractivity contribution >= 4 is 0 Å². The lowest BCUT2D eigenvalue weighted by atomic mass is 10.1. The molecule has 0 saturated carbocycles. The first-order valence-corrected chi connectivity index (χ1v) is 4.10. The van der Waals surface area contributed by atoms with Gasteiger partial charge in [0.15, 0.2) is 23.0 Å². The van der Waals surface area contributed by atoms with Crippen molar-refractivity contribution in [1.82, 2.24) is 0 Å². The van der Waals surface area contributed by atoms with Crippen LogP contribution in [0.1, 0.15) is 13.8 Å². The minimum absolute atomic E-state index is 0.492. The summed E-state index contributed by atoms with van der Waals surface area (Å²) in [7, 11) is 0. The highest BCUT2D eigenvalue weighted by molar-refractivity contribution is 5.28. The monoisotopic (exact) mass is 215 g/mol. The Labute approximate surface area is 84.9 Å². The second kappa shape index (κ2) is 3.81. The smallest absolute Gasteiger partial charge is 0.193 e. The molecule has 80 valence electrons. The summed E-state index contributed by atoms with van der Waals surface area (Å²) in [4.78, 5) is 0. The standard InChI is InChI=1S/C10H8F3NO/c1-10(2,5-14)15-9-7(12)3-6(11)4-8(9)13/h3-4H,1-2H3. The molecule has 0 N–H and O–H groups in total. The van der Waals surface area contributed by atoms with Crippen LogP contribution in [-0.4, -0.2) is 5.60 Å². The van der Waals surface area contributed by atoms with Gasteiger partial charge in [0.1, 0.15) is 11.9 Å². The van der Waals surface area contributed by atoms with Gasteiger partial charge in [-0.15, -0.1) is 0 Å². The molecule has 5 heteroatoms. The van der Waals surface area contributed by atoms with E-state index in [1.54, 1.807) is 6.07 Å². The predicted octanol–water partition coefficient (Wildman–Crippen LogP) is 2.78. The Kier molecular flexibility index (Phi) is 2.89. The summed E-state index contributed by atoms with van der Waals surface area (Å²) in [6, 6.07) is 2.69. The second-order valence-corrected chi connectivity index (χ2v) is 3.42. The van der Waals surface area contributed by atoms with Crippen molar-refractivity contribution in [3.05, 3.63) is 29.6 Å². The van der Waals surface area contributed by atoms with E-state index >= 15 is 0 Å². The maximum absolute atomic E-state index is 13.1. The quantitative estimate of drug-likeness (QED) is 0.759. The maximum atomic E-state index is 13.1. The van der Waals surface area contributed by atoms with Gasteiger partial charge in [-0.3, -0.25) is 0 Å². The van der Waals surface area contributed by atoms with E-state index < -0.39 is 28.8 Å². The molecular weight excluding hydrogens is 207 g/mol. The Bertz CT molecular complexity index is 400. The molecule has 0 unspecified atom stereocenters. The molecular formula is C10H8F3NO. The highest BCUT2D eigenvalue weighted by Gasteiger charge is 2.23. The highest BCUT2D eigenvalue weighted by Crippen LogP contribution is 2.26. The minimum atomic E-state index is -1.38. The van der Waals surface area contributed by atoms with Crippen molar-refractivity contribution < 1.29 is 17.9 Å². The summed E-state index contributed by atoms with van der Waals surface area (Å²) in [6.07, 6.45) is 0. The molecule has 0 fully saturated rings. The third-order valence-electron chi connectivity index (χ3n) is 1.59. The van der Waals surface area contributed by atoms with Gasteiger partial charge in [0.2, 0.25) is 0 Å². The number of hydrogen-bond acceptors (Lipinski definition) is 2. The molecule has 0 radical (unpaired) electrons. The third-order valence-corrected chi connectivity index (χ3v) is 1.59. The van der Waals surface area contributed by atoms with Crippen molar-refractivity contribution in [3.63, 3.8) is 0 Å². The van der Waals surface area contributed by atoms with Crippen LogP contribution in [-0.2, 0) is 0 Å². The molecule has 1 rings (SSSR count). The topological polar surface area (TPSA) is 33.0 Å². The Morgan fingerprint density at radius 2 is 1.67 bits per heavy atom. The molecule has 0 amide bonds. The molecule has 0 atom stereocenters. The summed E-state index contributed by atoms with van der Waals surface area (Å²) in [5.74, 6) is -4.12. The molecule has 2 nitrogen and oxygen atoms in total. The van der Waals surface area contributed by atoms with Crippen molar-refractivity contribution in [2.24, 2.45) is 0 Å². The fraction of sp³-hybridized carbons (Fsp3) is 0.300. The number of hydrogen-bond donors (Lipinski definition) is 0. The lowest BCUT2D eigenvalue weighted by Gasteiger charge is -2.18. The normalized spacial score (nSPS) is 10.9. The molecule has 0 saturated heterocycles. The van der Waals surface area contributed by atoms with E-state index in [4.69, 9.17) is 10.00 Å². The fourth-order valence-corrected chi connectivity index (χ4v) is 0.904. The van der Waals surface area contributed by atoms with Crippen LogP contribution in [0.2, 0.25) is 0 Å². The van der Waals surface area contributed by atoms with Gasteiger partial charge in [0.25, 0.3) is 0 Å². The second-order valence-electron chi connectivity index (χ2n) is 3.42. The zero-order valence-electron chi connectivity index (χ0n) is 8.14. The fourth-order valence-electron chi connectivity index (χ4n) is 0.904. The summed E-state index contributed by atoms with van der Waals surface area (Å²) in [5.41, 5.74) is -1.38. The molecule has 0 aliphatic rings. The SMILES string of the molecule is CC(C)(C#N)Oc1c(F)cc(F)cc1F. The number of ether oxygens (including phenoxy) is 1. The zero-order valence-corrected chi connectivity index (χ0v) is 8.14. The van der Waals surface area contributed by atoms with Gasteiger partial charge in [0.05, 0.1) is 0 Å². The van der Waals surface area contributed by atoms with E-state index in [1.165, 1.54) is 13.8 Å². The van der Waals surface area contributed by atoms with Gasteiger partial charge in [-0.1, -0.05) is 0 Å². The van der Waals surface area contributed by atoms with Crippen LogP contribution in [0.3, 0.4) is 0 Å². The van der Waals surface area contributed by atoms with Gasteiger partial charge < -0.3 is 4.74 Å². The van der Waals surface area contributed by atoms with E-state index in [2.05, 4.69) is 0 Å². The van der Waals surface area contributed by atoms with Crippen LogP contribution in [0.4, 0.5) is 13.2 Å². The maximum Gasteiger partial charge on any atom is 0.193 e. The predicted molar refractivity (Wildman–Crippen MR) is 46.6 cm³/mol. The van der Waals surface area contributed by atoms with Gasteiger partial charge in [0, 0.05) is 12.1 Å². The number of halogens is 3. The molecule has 1 aromatic carbocycles. The van der Waals surface area contributed by atoms with E-state index in [1.807, 2.05) is 0 Å². The Hall–Kier alpha value is -1.70. The first-order chi connectivity index (χ1) is 6.85. The Morgan fingerprint density at radius 1 is 1.20 bits per heavy atom.